The van der Waals surface area contributed by atoms with Crippen LogP contribution in [-0.2, 0) is 6.18 Å². The van der Waals surface area contributed by atoms with Gasteiger partial charge in [-0.05, 0) is 44.0 Å². The molecule has 1 aromatic heterocycles. The quantitative estimate of drug-likeness (QED) is 0.601. The SMILES string of the molecule is CN(c1nc(C(F)(F)F)nc2ccc(-c3ccccc3)cc12)C(C)(C)C. The molecule has 0 unspecified atom stereocenters. The Balaban J connectivity index is 2.28. The minimum Gasteiger partial charge on any atom is -0.354 e. The number of hydrogen-bond acceptors (Lipinski definition) is 3. The summed E-state index contributed by atoms with van der Waals surface area (Å²) >= 11 is 0. The van der Waals surface area contributed by atoms with Gasteiger partial charge >= 0.3 is 6.18 Å². The molecule has 26 heavy (non-hydrogen) atoms. The zero-order chi connectivity index (χ0) is 19.1. The summed E-state index contributed by atoms with van der Waals surface area (Å²) in [5, 5.41) is 0.594. The van der Waals surface area contributed by atoms with Crippen molar-refractivity contribution in [2.24, 2.45) is 0 Å². The molecule has 6 heteroatoms. The number of nitrogens with zero attached hydrogens (tertiary/aromatic N) is 3. The van der Waals surface area contributed by atoms with Gasteiger partial charge in [0.05, 0.1) is 5.52 Å². The molecule has 0 aliphatic rings. The Kier molecular flexibility index (Phi) is 4.38. The van der Waals surface area contributed by atoms with Crippen LogP contribution >= 0.6 is 0 Å². The summed E-state index contributed by atoms with van der Waals surface area (Å²) in [6.07, 6.45) is -4.60. The maximum Gasteiger partial charge on any atom is 0.451 e. The lowest BCUT2D eigenvalue weighted by Crippen LogP contribution is -2.39. The van der Waals surface area contributed by atoms with Crippen molar-refractivity contribution in [2.45, 2.75) is 32.5 Å². The molecule has 0 saturated heterocycles. The second-order valence-electron chi connectivity index (χ2n) is 7.20. The number of alkyl halides is 3. The summed E-state index contributed by atoms with van der Waals surface area (Å²) in [6.45, 7) is 5.78. The predicted molar refractivity (Wildman–Crippen MR) is 98.1 cm³/mol. The Morgan fingerprint density at radius 1 is 0.846 bits per heavy atom. The van der Waals surface area contributed by atoms with E-state index in [4.69, 9.17) is 0 Å². The number of aromatic nitrogens is 2. The van der Waals surface area contributed by atoms with E-state index in [1.165, 1.54) is 0 Å². The molecule has 0 amide bonds. The Hall–Kier alpha value is -2.63. The lowest BCUT2D eigenvalue weighted by molar-refractivity contribution is -0.144. The predicted octanol–water partition coefficient (Wildman–Crippen LogP) is 5.55. The summed E-state index contributed by atoms with van der Waals surface area (Å²) in [4.78, 5) is 9.36. The van der Waals surface area contributed by atoms with E-state index in [9.17, 15) is 13.2 Å². The van der Waals surface area contributed by atoms with Crippen LogP contribution in [0.15, 0.2) is 48.5 Å². The maximum absolute atomic E-state index is 13.3. The van der Waals surface area contributed by atoms with Crippen molar-refractivity contribution in [1.29, 1.82) is 0 Å². The average Bonchev–Trinajstić information content (AvgIpc) is 2.59. The lowest BCUT2D eigenvalue weighted by atomic mass is 10.0. The fourth-order valence-corrected chi connectivity index (χ4v) is 2.62. The fraction of sp³-hybridized carbons (Fsp3) is 0.300. The number of fused-ring (bicyclic) bond motifs is 1. The number of benzene rings is 2. The van der Waals surface area contributed by atoms with Crippen molar-refractivity contribution in [2.75, 3.05) is 11.9 Å². The topological polar surface area (TPSA) is 29.0 Å². The largest absolute Gasteiger partial charge is 0.451 e. The normalized spacial score (nSPS) is 12.4. The maximum atomic E-state index is 13.3. The molecule has 3 nitrogen and oxygen atoms in total. The molecule has 3 aromatic rings. The third-order valence-corrected chi connectivity index (χ3v) is 4.36. The first-order valence-electron chi connectivity index (χ1n) is 8.25. The highest BCUT2D eigenvalue weighted by Crippen LogP contribution is 2.35. The highest BCUT2D eigenvalue weighted by Gasteiger charge is 2.36. The molecular formula is C20H20F3N3. The zero-order valence-corrected chi connectivity index (χ0v) is 15.1. The van der Waals surface area contributed by atoms with Crippen molar-refractivity contribution in [3.63, 3.8) is 0 Å². The summed E-state index contributed by atoms with van der Waals surface area (Å²) in [6, 6.07) is 14.9. The minimum absolute atomic E-state index is 0.271. The molecule has 0 saturated carbocycles. The van der Waals surface area contributed by atoms with Crippen molar-refractivity contribution < 1.29 is 13.2 Å². The summed E-state index contributed by atoms with van der Waals surface area (Å²) < 4.78 is 39.8. The lowest BCUT2D eigenvalue weighted by Gasteiger charge is -2.34. The molecule has 3 rings (SSSR count). The second-order valence-corrected chi connectivity index (χ2v) is 7.20. The summed E-state index contributed by atoms with van der Waals surface area (Å²) in [5.74, 6) is -0.851. The molecule has 1 heterocycles. The van der Waals surface area contributed by atoms with E-state index >= 15 is 0 Å². The molecule has 0 radical (unpaired) electrons. The van der Waals surface area contributed by atoms with Gasteiger partial charge in [0.15, 0.2) is 0 Å². The van der Waals surface area contributed by atoms with E-state index in [1.807, 2.05) is 57.2 Å². The first-order chi connectivity index (χ1) is 12.1. The van der Waals surface area contributed by atoms with Gasteiger partial charge in [-0.25, -0.2) is 9.97 Å². The standard InChI is InChI=1S/C20H20F3N3/c1-19(2,3)26(4)17-15-12-14(13-8-6-5-7-9-13)10-11-16(15)24-18(25-17)20(21,22)23/h5-12H,1-4H3. The van der Waals surface area contributed by atoms with Gasteiger partial charge in [-0.15, -0.1) is 0 Å². The Morgan fingerprint density at radius 3 is 2.08 bits per heavy atom. The third kappa shape index (κ3) is 3.49. The molecule has 0 atom stereocenters. The highest BCUT2D eigenvalue weighted by molar-refractivity contribution is 5.93. The molecule has 0 fully saturated rings. The molecule has 136 valence electrons. The number of anilines is 1. The van der Waals surface area contributed by atoms with E-state index in [2.05, 4.69) is 9.97 Å². The van der Waals surface area contributed by atoms with E-state index in [-0.39, 0.29) is 11.3 Å². The van der Waals surface area contributed by atoms with Crippen LogP contribution in [0.2, 0.25) is 0 Å². The van der Waals surface area contributed by atoms with Gasteiger partial charge in [-0.3, -0.25) is 0 Å². The van der Waals surface area contributed by atoms with Crippen LogP contribution in [0.4, 0.5) is 19.0 Å². The van der Waals surface area contributed by atoms with Gasteiger partial charge in [-0.2, -0.15) is 13.2 Å². The third-order valence-electron chi connectivity index (χ3n) is 4.36. The Bertz CT molecular complexity index is 929. The van der Waals surface area contributed by atoms with Gasteiger partial charge in [0, 0.05) is 18.0 Å². The van der Waals surface area contributed by atoms with Gasteiger partial charge in [-0.1, -0.05) is 36.4 Å². The van der Waals surface area contributed by atoms with E-state index in [0.29, 0.717) is 5.39 Å². The summed E-state index contributed by atoms with van der Waals surface area (Å²) in [7, 11) is 1.75. The van der Waals surface area contributed by atoms with Gasteiger partial charge in [0.1, 0.15) is 5.82 Å². The van der Waals surface area contributed by atoms with Crippen molar-refractivity contribution in [1.82, 2.24) is 9.97 Å². The van der Waals surface area contributed by atoms with Crippen LogP contribution in [0, 0.1) is 0 Å². The molecule has 2 aromatic carbocycles. The zero-order valence-electron chi connectivity index (χ0n) is 15.1. The Labute approximate surface area is 150 Å². The fourth-order valence-electron chi connectivity index (χ4n) is 2.62. The Morgan fingerprint density at radius 2 is 1.50 bits per heavy atom. The summed E-state index contributed by atoms with van der Waals surface area (Å²) in [5.41, 5.74) is 1.77. The number of rotatable bonds is 2. The van der Waals surface area contributed by atoms with Crippen molar-refractivity contribution >= 4 is 16.7 Å². The van der Waals surface area contributed by atoms with Gasteiger partial charge in [0.2, 0.25) is 5.82 Å². The van der Waals surface area contributed by atoms with Crippen LogP contribution in [0.25, 0.3) is 22.0 Å². The van der Waals surface area contributed by atoms with Crippen molar-refractivity contribution in [3.8, 4) is 11.1 Å². The van der Waals surface area contributed by atoms with Crippen LogP contribution < -0.4 is 4.90 Å². The molecule has 0 aliphatic carbocycles. The molecule has 0 bridgehead atoms. The smallest absolute Gasteiger partial charge is 0.354 e. The van der Waals surface area contributed by atoms with Crippen LogP contribution in [0.3, 0.4) is 0 Å². The monoisotopic (exact) mass is 359 g/mol. The first kappa shape index (κ1) is 18.2. The molecular weight excluding hydrogens is 339 g/mol. The van der Waals surface area contributed by atoms with Gasteiger partial charge < -0.3 is 4.90 Å². The molecule has 0 spiro atoms. The average molecular weight is 359 g/mol. The second kappa shape index (κ2) is 6.27. The van der Waals surface area contributed by atoms with Crippen LogP contribution in [-0.4, -0.2) is 22.6 Å². The number of hydrogen-bond donors (Lipinski definition) is 0. The minimum atomic E-state index is -4.60. The number of halogens is 3. The van der Waals surface area contributed by atoms with Crippen LogP contribution in [0.1, 0.15) is 26.6 Å². The van der Waals surface area contributed by atoms with Crippen molar-refractivity contribution in [3.05, 3.63) is 54.4 Å². The first-order valence-corrected chi connectivity index (χ1v) is 8.25. The van der Waals surface area contributed by atoms with Gasteiger partial charge in [0.25, 0.3) is 0 Å². The molecule has 0 N–H and O–H groups in total. The highest BCUT2D eigenvalue weighted by atomic mass is 19.4. The van der Waals surface area contributed by atoms with E-state index in [1.54, 1.807) is 24.1 Å². The van der Waals surface area contributed by atoms with E-state index < -0.39 is 17.5 Å². The van der Waals surface area contributed by atoms with E-state index in [0.717, 1.165) is 11.1 Å². The van der Waals surface area contributed by atoms with Crippen LogP contribution in [0.5, 0.6) is 0 Å². The molecule has 0 aliphatic heterocycles.